The van der Waals surface area contributed by atoms with Gasteiger partial charge in [-0.1, -0.05) is 44.9 Å². The van der Waals surface area contributed by atoms with Crippen LogP contribution in [0.5, 0.6) is 0 Å². The monoisotopic (exact) mass is 280 g/mol. The predicted octanol–water partition coefficient (Wildman–Crippen LogP) is 3.24. The Bertz CT molecular complexity index is 287. The Kier molecular flexibility index (Phi) is 6.85. The lowest BCUT2D eigenvalue weighted by Gasteiger charge is -2.39. The van der Waals surface area contributed by atoms with E-state index in [4.69, 9.17) is 0 Å². The van der Waals surface area contributed by atoms with Gasteiger partial charge in [0.05, 0.1) is 0 Å². The molecule has 116 valence electrons. The van der Waals surface area contributed by atoms with Crippen molar-refractivity contribution in [2.75, 3.05) is 13.1 Å². The molecule has 2 aliphatic carbocycles. The molecule has 0 aliphatic heterocycles. The van der Waals surface area contributed by atoms with Crippen LogP contribution in [0.1, 0.15) is 71.1 Å². The zero-order valence-corrected chi connectivity index (χ0v) is 13.1. The van der Waals surface area contributed by atoms with Crippen LogP contribution in [0.15, 0.2) is 0 Å². The molecule has 3 heteroatoms. The third-order valence-electron chi connectivity index (χ3n) is 5.21. The van der Waals surface area contributed by atoms with Gasteiger partial charge in [0.25, 0.3) is 0 Å². The number of hydrogen-bond donors (Lipinski definition) is 2. The molecule has 2 unspecified atom stereocenters. The molecular weight excluding hydrogens is 248 g/mol. The highest BCUT2D eigenvalue weighted by atomic mass is 16.1. The average molecular weight is 280 g/mol. The molecular formula is C17H32N2O. The molecule has 0 aromatic heterocycles. The van der Waals surface area contributed by atoms with Gasteiger partial charge in [-0.15, -0.1) is 0 Å². The number of carbonyl (C=O) groups is 1. The highest BCUT2D eigenvalue weighted by molar-refractivity contribution is 5.75. The Morgan fingerprint density at radius 3 is 2.45 bits per heavy atom. The molecule has 3 nitrogen and oxygen atoms in total. The summed E-state index contributed by atoms with van der Waals surface area (Å²) in [6, 6.07) is 0.668. The number of carbonyl (C=O) groups excluding carboxylic acids is 1. The molecule has 0 saturated heterocycles. The lowest BCUT2D eigenvalue weighted by Crippen LogP contribution is -2.43. The van der Waals surface area contributed by atoms with E-state index in [1.165, 1.54) is 57.8 Å². The van der Waals surface area contributed by atoms with Gasteiger partial charge in [0.15, 0.2) is 0 Å². The van der Waals surface area contributed by atoms with Gasteiger partial charge in [0.1, 0.15) is 0 Å². The van der Waals surface area contributed by atoms with Gasteiger partial charge in [-0.2, -0.15) is 0 Å². The van der Waals surface area contributed by atoms with E-state index in [2.05, 4.69) is 10.6 Å². The zero-order chi connectivity index (χ0) is 14.2. The molecule has 2 rings (SSSR count). The quantitative estimate of drug-likeness (QED) is 0.784. The van der Waals surface area contributed by atoms with E-state index in [1.807, 2.05) is 6.92 Å². The van der Waals surface area contributed by atoms with Crippen LogP contribution in [0.25, 0.3) is 0 Å². The summed E-state index contributed by atoms with van der Waals surface area (Å²) in [5.41, 5.74) is 0. The van der Waals surface area contributed by atoms with Gasteiger partial charge in [-0.3, -0.25) is 4.79 Å². The van der Waals surface area contributed by atoms with E-state index in [9.17, 15) is 4.79 Å². The molecule has 0 radical (unpaired) electrons. The summed E-state index contributed by atoms with van der Waals surface area (Å²) in [5, 5.41) is 6.58. The summed E-state index contributed by atoms with van der Waals surface area (Å²) in [5.74, 6) is 2.01. The van der Waals surface area contributed by atoms with Crippen LogP contribution < -0.4 is 10.6 Å². The molecule has 20 heavy (non-hydrogen) atoms. The minimum absolute atomic E-state index is 0.185. The number of hydrogen-bond acceptors (Lipinski definition) is 2. The van der Waals surface area contributed by atoms with Gasteiger partial charge in [-0.25, -0.2) is 0 Å². The fraction of sp³-hybridized carbons (Fsp3) is 0.941. The fourth-order valence-electron chi connectivity index (χ4n) is 4.20. The van der Waals surface area contributed by atoms with Crippen molar-refractivity contribution in [3.63, 3.8) is 0 Å². The highest BCUT2D eigenvalue weighted by Crippen LogP contribution is 2.38. The summed E-state index contributed by atoms with van der Waals surface area (Å²) < 4.78 is 0. The Morgan fingerprint density at radius 1 is 1.00 bits per heavy atom. The summed E-state index contributed by atoms with van der Waals surface area (Å²) in [6.45, 7) is 3.57. The number of rotatable bonds is 6. The molecule has 2 saturated carbocycles. The van der Waals surface area contributed by atoms with E-state index in [1.54, 1.807) is 0 Å². The second-order valence-corrected chi connectivity index (χ2v) is 6.61. The predicted molar refractivity (Wildman–Crippen MR) is 83.6 cm³/mol. The molecule has 0 aromatic rings. The van der Waals surface area contributed by atoms with Crippen LogP contribution in [-0.4, -0.2) is 25.0 Å². The SMILES string of the molecule is CCNC(=O)CCNC1CCCCC1C1CCCCC1. The molecule has 0 heterocycles. The molecule has 2 aliphatic rings. The maximum Gasteiger partial charge on any atom is 0.221 e. The maximum atomic E-state index is 11.5. The van der Waals surface area contributed by atoms with Gasteiger partial charge >= 0.3 is 0 Å². The van der Waals surface area contributed by atoms with Gasteiger partial charge in [0.2, 0.25) is 5.91 Å². The van der Waals surface area contributed by atoms with E-state index in [0.717, 1.165) is 24.9 Å². The lowest BCUT2D eigenvalue weighted by molar-refractivity contribution is -0.120. The first-order chi connectivity index (χ1) is 9.81. The molecule has 2 fully saturated rings. The van der Waals surface area contributed by atoms with Gasteiger partial charge < -0.3 is 10.6 Å². The van der Waals surface area contributed by atoms with Crippen molar-refractivity contribution in [3.8, 4) is 0 Å². The topological polar surface area (TPSA) is 41.1 Å². The van der Waals surface area contributed by atoms with Crippen molar-refractivity contribution in [1.29, 1.82) is 0 Å². The second-order valence-electron chi connectivity index (χ2n) is 6.61. The summed E-state index contributed by atoms with van der Waals surface area (Å²) in [4.78, 5) is 11.5. The second kappa shape index (κ2) is 8.66. The molecule has 0 aromatic carbocycles. The van der Waals surface area contributed by atoms with E-state index >= 15 is 0 Å². The third kappa shape index (κ3) is 4.76. The largest absolute Gasteiger partial charge is 0.356 e. The van der Waals surface area contributed by atoms with Crippen LogP contribution >= 0.6 is 0 Å². The molecule has 0 bridgehead atoms. The summed E-state index contributed by atoms with van der Waals surface area (Å²) in [6.07, 6.45) is 13.3. The molecule has 2 atom stereocenters. The Morgan fingerprint density at radius 2 is 1.70 bits per heavy atom. The lowest BCUT2D eigenvalue weighted by atomic mass is 9.71. The van der Waals surface area contributed by atoms with Crippen LogP contribution in [-0.2, 0) is 4.79 Å². The number of amides is 1. The van der Waals surface area contributed by atoms with Crippen molar-refractivity contribution < 1.29 is 4.79 Å². The minimum Gasteiger partial charge on any atom is -0.356 e. The molecule has 1 amide bonds. The molecule has 0 spiro atoms. The standard InChI is InChI=1S/C17H32N2O/c1-2-18-17(20)12-13-19-16-11-7-6-10-15(16)14-8-4-3-5-9-14/h14-16,19H,2-13H2,1H3,(H,18,20). The Hall–Kier alpha value is -0.570. The Balaban J connectivity index is 1.76. The first-order valence-corrected chi connectivity index (χ1v) is 8.81. The van der Waals surface area contributed by atoms with E-state index in [0.29, 0.717) is 12.5 Å². The maximum absolute atomic E-state index is 11.5. The number of nitrogens with one attached hydrogen (secondary N) is 2. The summed E-state index contributed by atoms with van der Waals surface area (Å²) in [7, 11) is 0. The minimum atomic E-state index is 0.185. The van der Waals surface area contributed by atoms with Crippen molar-refractivity contribution in [2.45, 2.75) is 77.2 Å². The summed E-state index contributed by atoms with van der Waals surface area (Å²) >= 11 is 0. The Labute approximate surface area is 124 Å². The van der Waals surface area contributed by atoms with E-state index < -0.39 is 0 Å². The van der Waals surface area contributed by atoms with Crippen LogP contribution in [0.2, 0.25) is 0 Å². The zero-order valence-electron chi connectivity index (χ0n) is 13.1. The third-order valence-corrected chi connectivity index (χ3v) is 5.21. The smallest absolute Gasteiger partial charge is 0.221 e. The van der Waals surface area contributed by atoms with E-state index in [-0.39, 0.29) is 5.91 Å². The van der Waals surface area contributed by atoms with Crippen molar-refractivity contribution in [1.82, 2.24) is 10.6 Å². The van der Waals surface area contributed by atoms with Gasteiger partial charge in [-0.05, 0) is 31.6 Å². The average Bonchev–Trinajstić information content (AvgIpc) is 2.49. The van der Waals surface area contributed by atoms with Gasteiger partial charge in [0, 0.05) is 25.6 Å². The van der Waals surface area contributed by atoms with Crippen LogP contribution in [0.4, 0.5) is 0 Å². The van der Waals surface area contributed by atoms with Crippen LogP contribution in [0, 0.1) is 11.8 Å². The van der Waals surface area contributed by atoms with Crippen LogP contribution in [0.3, 0.4) is 0 Å². The normalized spacial score (nSPS) is 28.2. The van der Waals surface area contributed by atoms with Crippen molar-refractivity contribution in [2.24, 2.45) is 11.8 Å². The highest BCUT2D eigenvalue weighted by Gasteiger charge is 2.32. The molecule has 2 N–H and O–H groups in total. The van der Waals surface area contributed by atoms with Crippen molar-refractivity contribution >= 4 is 5.91 Å². The van der Waals surface area contributed by atoms with Crippen molar-refractivity contribution in [3.05, 3.63) is 0 Å². The first-order valence-electron chi connectivity index (χ1n) is 8.81. The first kappa shape index (κ1) is 15.8. The fourth-order valence-corrected chi connectivity index (χ4v) is 4.20.